The summed E-state index contributed by atoms with van der Waals surface area (Å²) in [6.07, 6.45) is 5.13. The highest BCUT2D eigenvalue weighted by atomic mass is 127. The molecule has 0 fully saturated rings. The van der Waals surface area contributed by atoms with Crippen LogP contribution in [0.25, 0.3) is 0 Å². The van der Waals surface area contributed by atoms with Crippen molar-refractivity contribution in [2.45, 2.75) is 26.7 Å². The fourth-order valence-electron chi connectivity index (χ4n) is 1.32. The summed E-state index contributed by atoms with van der Waals surface area (Å²) in [6.45, 7) is 4.63. The Kier molecular flexibility index (Phi) is 5.24. The molecule has 5 heteroatoms. The third kappa shape index (κ3) is 4.11. The first kappa shape index (κ1) is 13.5. The van der Waals surface area contributed by atoms with Gasteiger partial charge in [0.2, 0.25) is 5.91 Å². The Morgan fingerprint density at radius 3 is 2.94 bits per heavy atom. The number of rotatable bonds is 6. The van der Waals surface area contributed by atoms with Crippen molar-refractivity contribution in [1.29, 1.82) is 0 Å². The molecule has 1 aromatic heterocycles. The lowest BCUT2D eigenvalue weighted by Gasteiger charge is -2.22. The van der Waals surface area contributed by atoms with E-state index in [1.807, 2.05) is 13.8 Å². The lowest BCUT2D eigenvalue weighted by atomic mass is 9.89. The SMILES string of the molecule is CC(C)(CCI)C(=O)NCCc1cnc[nH]1. The van der Waals surface area contributed by atoms with Gasteiger partial charge in [-0.1, -0.05) is 36.4 Å². The van der Waals surface area contributed by atoms with Gasteiger partial charge in [-0.05, 0) is 6.42 Å². The minimum Gasteiger partial charge on any atom is -0.355 e. The summed E-state index contributed by atoms with van der Waals surface area (Å²) in [6, 6.07) is 0. The molecule has 0 aliphatic heterocycles. The predicted molar refractivity (Wildman–Crippen MR) is 72.6 cm³/mol. The molecule has 0 radical (unpaired) electrons. The van der Waals surface area contributed by atoms with E-state index < -0.39 is 0 Å². The molecule has 0 atom stereocenters. The lowest BCUT2D eigenvalue weighted by Crippen LogP contribution is -2.38. The van der Waals surface area contributed by atoms with Crippen LogP contribution < -0.4 is 5.32 Å². The van der Waals surface area contributed by atoms with Crippen LogP contribution in [0, 0.1) is 5.41 Å². The van der Waals surface area contributed by atoms with Crippen LogP contribution in [0.15, 0.2) is 12.5 Å². The van der Waals surface area contributed by atoms with Gasteiger partial charge in [0.1, 0.15) is 0 Å². The number of nitrogens with zero attached hydrogens (tertiary/aromatic N) is 1. The molecule has 0 saturated carbocycles. The van der Waals surface area contributed by atoms with Gasteiger partial charge in [0, 0.05) is 34.7 Å². The molecule has 1 amide bonds. The van der Waals surface area contributed by atoms with Crippen LogP contribution in [0.4, 0.5) is 0 Å². The molecule has 1 aromatic rings. The van der Waals surface area contributed by atoms with Gasteiger partial charge in [0.15, 0.2) is 0 Å². The van der Waals surface area contributed by atoms with Gasteiger partial charge in [0.05, 0.1) is 6.33 Å². The van der Waals surface area contributed by atoms with Crippen LogP contribution in [-0.4, -0.2) is 26.8 Å². The highest BCUT2D eigenvalue weighted by Crippen LogP contribution is 2.21. The molecule has 1 rings (SSSR count). The third-order valence-electron chi connectivity index (χ3n) is 2.57. The molecule has 2 N–H and O–H groups in total. The van der Waals surface area contributed by atoms with E-state index in [9.17, 15) is 4.79 Å². The molecule has 0 spiro atoms. The van der Waals surface area contributed by atoms with Gasteiger partial charge in [-0.15, -0.1) is 0 Å². The summed E-state index contributed by atoms with van der Waals surface area (Å²) in [4.78, 5) is 18.8. The van der Waals surface area contributed by atoms with Crippen molar-refractivity contribution in [2.24, 2.45) is 5.41 Å². The largest absolute Gasteiger partial charge is 0.355 e. The number of amides is 1. The van der Waals surface area contributed by atoms with Crippen LogP contribution in [0.2, 0.25) is 0 Å². The molecule has 16 heavy (non-hydrogen) atoms. The number of hydrogen-bond acceptors (Lipinski definition) is 2. The number of aromatic nitrogens is 2. The standard InChI is InChI=1S/C11H18IN3O/c1-11(2,4-5-12)10(16)14-6-3-9-7-13-8-15-9/h7-8H,3-6H2,1-2H3,(H,13,15)(H,14,16). The summed E-state index contributed by atoms with van der Waals surface area (Å²) < 4.78 is 0.999. The summed E-state index contributed by atoms with van der Waals surface area (Å²) >= 11 is 2.30. The summed E-state index contributed by atoms with van der Waals surface area (Å²) in [5, 5.41) is 2.96. The Morgan fingerprint density at radius 2 is 2.38 bits per heavy atom. The second-order valence-corrected chi connectivity index (χ2v) is 5.48. The zero-order valence-electron chi connectivity index (χ0n) is 9.72. The lowest BCUT2D eigenvalue weighted by molar-refractivity contribution is -0.129. The zero-order chi connectivity index (χ0) is 12.0. The number of alkyl halides is 1. The summed E-state index contributed by atoms with van der Waals surface area (Å²) in [7, 11) is 0. The Labute approximate surface area is 110 Å². The highest BCUT2D eigenvalue weighted by molar-refractivity contribution is 14.1. The number of hydrogen-bond donors (Lipinski definition) is 2. The number of carbonyl (C=O) groups excluding carboxylic acids is 1. The quantitative estimate of drug-likeness (QED) is 0.616. The van der Waals surface area contributed by atoms with E-state index in [0.29, 0.717) is 6.54 Å². The molecule has 0 aliphatic rings. The van der Waals surface area contributed by atoms with Gasteiger partial charge in [-0.25, -0.2) is 4.98 Å². The molecule has 0 unspecified atom stereocenters. The molecular weight excluding hydrogens is 317 g/mol. The fourth-order valence-corrected chi connectivity index (χ4v) is 2.67. The van der Waals surface area contributed by atoms with Gasteiger partial charge in [0.25, 0.3) is 0 Å². The topological polar surface area (TPSA) is 57.8 Å². The maximum atomic E-state index is 11.8. The van der Waals surface area contributed by atoms with E-state index in [1.165, 1.54) is 0 Å². The molecule has 0 saturated heterocycles. The highest BCUT2D eigenvalue weighted by Gasteiger charge is 2.25. The van der Waals surface area contributed by atoms with Crippen LogP contribution in [-0.2, 0) is 11.2 Å². The average molecular weight is 335 g/mol. The number of imidazole rings is 1. The van der Waals surface area contributed by atoms with E-state index in [-0.39, 0.29) is 11.3 Å². The minimum absolute atomic E-state index is 0.128. The van der Waals surface area contributed by atoms with Gasteiger partial charge in [-0.3, -0.25) is 4.79 Å². The van der Waals surface area contributed by atoms with Crippen LogP contribution in [0.3, 0.4) is 0 Å². The Morgan fingerprint density at radius 1 is 1.62 bits per heavy atom. The van der Waals surface area contributed by atoms with Crippen molar-refractivity contribution in [1.82, 2.24) is 15.3 Å². The average Bonchev–Trinajstić information content (AvgIpc) is 2.70. The van der Waals surface area contributed by atoms with Crippen LogP contribution >= 0.6 is 22.6 Å². The molecule has 90 valence electrons. The Bertz CT molecular complexity index is 322. The smallest absolute Gasteiger partial charge is 0.225 e. The van der Waals surface area contributed by atoms with E-state index in [0.717, 1.165) is 23.0 Å². The van der Waals surface area contributed by atoms with E-state index in [1.54, 1.807) is 12.5 Å². The zero-order valence-corrected chi connectivity index (χ0v) is 11.9. The second-order valence-electron chi connectivity index (χ2n) is 4.41. The maximum Gasteiger partial charge on any atom is 0.225 e. The summed E-state index contributed by atoms with van der Waals surface area (Å²) in [5.41, 5.74) is 0.779. The van der Waals surface area contributed by atoms with Crippen LogP contribution in [0.1, 0.15) is 26.0 Å². The Hall–Kier alpha value is -0.590. The molecule has 0 aliphatic carbocycles. The molecule has 4 nitrogen and oxygen atoms in total. The summed E-state index contributed by atoms with van der Waals surface area (Å²) in [5.74, 6) is 0.128. The van der Waals surface area contributed by atoms with Gasteiger partial charge in [-0.2, -0.15) is 0 Å². The molecule has 0 aromatic carbocycles. The predicted octanol–water partition coefficient (Wildman–Crippen LogP) is 1.92. The van der Waals surface area contributed by atoms with E-state index >= 15 is 0 Å². The van der Waals surface area contributed by atoms with Crippen molar-refractivity contribution < 1.29 is 4.79 Å². The van der Waals surface area contributed by atoms with E-state index in [4.69, 9.17) is 0 Å². The number of halogens is 1. The normalized spacial score (nSPS) is 11.4. The van der Waals surface area contributed by atoms with Gasteiger partial charge >= 0.3 is 0 Å². The number of H-pyrrole nitrogens is 1. The Balaban J connectivity index is 2.30. The minimum atomic E-state index is -0.269. The van der Waals surface area contributed by atoms with Crippen molar-refractivity contribution in [3.63, 3.8) is 0 Å². The van der Waals surface area contributed by atoms with Gasteiger partial charge < -0.3 is 10.3 Å². The van der Waals surface area contributed by atoms with E-state index in [2.05, 4.69) is 37.9 Å². The molecular formula is C11H18IN3O. The maximum absolute atomic E-state index is 11.8. The van der Waals surface area contributed by atoms with Crippen molar-refractivity contribution in [2.75, 3.05) is 11.0 Å². The number of aromatic amines is 1. The van der Waals surface area contributed by atoms with Crippen molar-refractivity contribution in [3.05, 3.63) is 18.2 Å². The van der Waals surface area contributed by atoms with Crippen molar-refractivity contribution >= 4 is 28.5 Å². The second kappa shape index (κ2) is 6.22. The monoisotopic (exact) mass is 335 g/mol. The molecule has 0 bridgehead atoms. The van der Waals surface area contributed by atoms with Crippen molar-refractivity contribution in [3.8, 4) is 0 Å². The fraction of sp³-hybridized carbons (Fsp3) is 0.636. The number of carbonyl (C=O) groups is 1. The number of nitrogens with one attached hydrogen (secondary N) is 2. The third-order valence-corrected chi connectivity index (χ3v) is 3.11. The first-order valence-electron chi connectivity index (χ1n) is 5.38. The first-order valence-corrected chi connectivity index (χ1v) is 6.90. The van der Waals surface area contributed by atoms with Crippen LogP contribution in [0.5, 0.6) is 0 Å². The first-order chi connectivity index (χ1) is 7.56. The molecule has 1 heterocycles.